The summed E-state index contributed by atoms with van der Waals surface area (Å²) in [5, 5.41) is 9.65. The van der Waals surface area contributed by atoms with Crippen molar-refractivity contribution >= 4 is 111 Å². The normalized spacial score (nSPS) is 13.0. The first-order valence-corrected chi connectivity index (χ1v) is 41.4. The summed E-state index contributed by atoms with van der Waals surface area (Å²) >= 11 is 6.07. The van der Waals surface area contributed by atoms with Crippen LogP contribution in [0.3, 0.4) is 0 Å². The molecule has 23 rings (SSSR count). The summed E-state index contributed by atoms with van der Waals surface area (Å²) < 4.78 is 21.9. The predicted molar refractivity (Wildman–Crippen MR) is 502 cm³/mol. The van der Waals surface area contributed by atoms with Crippen molar-refractivity contribution in [3.8, 4) is 101 Å². The highest BCUT2D eigenvalue weighted by molar-refractivity contribution is 6.62. The average molecular weight is 1590 g/mol. The number of nitrogens with zero attached hydrogens (tertiary/aromatic N) is 10. The van der Waals surface area contributed by atoms with E-state index in [4.69, 9.17) is 30.9 Å². The molecule has 0 atom stereocenters. The van der Waals surface area contributed by atoms with Gasteiger partial charge in [0.25, 0.3) is 0 Å². The van der Waals surface area contributed by atoms with Crippen LogP contribution < -0.4 is 5.46 Å². The molecule has 9 heterocycles. The van der Waals surface area contributed by atoms with Gasteiger partial charge in [0.1, 0.15) is 0 Å². The van der Waals surface area contributed by atoms with E-state index in [0.717, 1.165) is 112 Å². The molecule has 14 aromatic carbocycles. The molecule has 0 amide bonds. The zero-order valence-electron chi connectivity index (χ0n) is 67.3. The second kappa shape index (κ2) is 31.1. The highest BCUT2D eigenvalue weighted by Crippen LogP contribution is 2.44. The Labute approximate surface area is 710 Å². The van der Waals surface area contributed by atoms with E-state index in [1.165, 1.54) is 76.5 Å². The molecule has 1 saturated heterocycles. The van der Waals surface area contributed by atoms with E-state index < -0.39 is 0 Å². The van der Waals surface area contributed by atoms with Gasteiger partial charge >= 0.3 is 7.12 Å². The van der Waals surface area contributed by atoms with Crippen LogP contribution in [-0.4, -0.2) is 66.5 Å². The van der Waals surface area contributed by atoms with Gasteiger partial charge in [0.05, 0.1) is 78.1 Å². The van der Waals surface area contributed by atoms with Crippen LogP contribution in [0.5, 0.6) is 0 Å². The fraction of sp³-hybridized carbons (Fsp3) is 0.0556. The minimum absolute atomic E-state index is 0.257. The Hall–Kier alpha value is -15.0. The number of rotatable bonds is 12. The lowest BCUT2D eigenvalue weighted by Crippen LogP contribution is -2.41. The quantitative estimate of drug-likeness (QED) is 0.0877. The number of aromatic nitrogens is 10. The first kappa shape index (κ1) is 74.6. The van der Waals surface area contributed by atoms with Crippen molar-refractivity contribution in [2.45, 2.75) is 38.9 Å². The van der Waals surface area contributed by atoms with Gasteiger partial charge < -0.3 is 27.6 Å². The SMILES string of the molecule is CC1(C)OB(c2ccc(-c3ccc4c(c3)c3ccc5c(ccn5-c5ccccc5)c3n4-c3ccccc3)cc2)OC1(C)C.Clc1nc(-c2ccc(-c3ccccn3)cc2)c2ccccc2n1.c1ccc(-n2ccc3c2ccc2c4cc(-c5ccc(-c6nc(-c7ccc(-c8ccccn8)cc7)c7ccccc7n6)cc5)ccc4n(-c4ccccc4)c23)cc1. The van der Waals surface area contributed by atoms with Gasteiger partial charge in [-0.3, -0.25) is 9.97 Å². The minimum atomic E-state index is -0.365. The van der Waals surface area contributed by atoms with Gasteiger partial charge in [-0.25, -0.2) is 19.9 Å². The topological polar surface area (TPSA) is 116 Å². The first-order chi connectivity index (χ1) is 59.9. The number of halogens is 1. The Morgan fingerprint density at radius 2 is 0.648 bits per heavy atom. The molecule has 0 radical (unpaired) electrons. The number of hydrogen-bond acceptors (Lipinski definition) is 8. The zero-order valence-corrected chi connectivity index (χ0v) is 68.1. The Kier molecular flexibility index (Phi) is 19.0. The van der Waals surface area contributed by atoms with E-state index in [1.807, 2.05) is 103 Å². The second-order valence-electron chi connectivity index (χ2n) is 31.8. The van der Waals surface area contributed by atoms with Crippen LogP contribution in [0.1, 0.15) is 27.7 Å². The molecule has 14 heteroatoms. The van der Waals surface area contributed by atoms with E-state index in [9.17, 15) is 0 Å². The van der Waals surface area contributed by atoms with Crippen LogP contribution in [0, 0.1) is 0 Å². The molecule has 8 aromatic heterocycles. The summed E-state index contributed by atoms with van der Waals surface area (Å²) in [7, 11) is -0.365. The monoisotopic (exact) mass is 1590 g/mol. The second-order valence-corrected chi connectivity index (χ2v) is 32.1. The average Bonchev–Trinajstić information content (AvgIpc) is 1.57. The number of benzene rings is 14. The molecule has 12 nitrogen and oxygen atoms in total. The maximum Gasteiger partial charge on any atom is 0.494 e. The van der Waals surface area contributed by atoms with E-state index in [0.29, 0.717) is 5.82 Å². The fourth-order valence-electron chi connectivity index (χ4n) is 17.1. The molecule has 0 saturated carbocycles. The smallest absolute Gasteiger partial charge is 0.399 e. The Morgan fingerprint density at radius 3 is 1.10 bits per heavy atom. The van der Waals surface area contributed by atoms with Crippen LogP contribution in [0.2, 0.25) is 5.28 Å². The Bertz CT molecular complexity index is 7640. The fourth-order valence-corrected chi connectivity index (χ4v) is 17.3. The first-order valence-electron chi connectivity index (χ1n) is 41.1. The molecule has 1 aliphatic heterocycles. The van der Waals surface area contributed by atoms with E-state index >= 15 is 0 Å². The number of para-hydroxylation sites is 6. The van der Waals surface area contributed by atoms with Gasteiger partial charge in [-0.15, -0.1) is 0 Å². The Balaban J connectivity index is 0.000000122. The van der Waals surface area contributed by atoms with Gasteiger partial charge in [-0.2, -0.15) is 0 Å². The summed E-state index contributed by atoms with van der Waals surface area (Å²) in [6.07, 6.45) is 7.98. The number of fused-ring (bicyclic) bond motifs is 12. The van der Waals surface area contributed by atoms with Crippen LogP contribution in [0.25, 0.3) is 189 Å². The molecular weight excluding hydrogens is 1520 g/mol. The lowest BCUT2D eigenvalue weighted by molar-refractivity contribution is 0.00578. The third-order valence-corrected chi connectivity index (χ3v) is 24.1. The summed E-state index contributed by atoms with van der Waals surface area (Å²) in [5.74, 6) is 0.701. The van der Waals surface area contributed by atoms with Crippen molar-refractivity contribution in [1.29, 1.82) is 0 Å². The Morgan fingerprint density at radius 1 is 0.279 bits per heavy atom. The molecule has 0 bridgehead atoms. The van der Waals surface area contributed by atoms with Crippen molar-refractivity contribution in [2.75, 3.05) is 0 Å². The van der Waals surface area contributed by atoms with Crippen molar-refractivity contribution in [3.05, 3.63) is 406 Å². The molecule has 0 unspecified atom stereocenters. The maximum atomic E-state index is 6.28. The lowest BCUT2D eigenvalue weighted by Gasteiger charge is -2.32. The van der Waals surface area contributed by atoms with Crippen LogP contribution in [0.15, 0.2) is 401 Å². The standard InChI is InChI=1S/C51H33N5.C38H33BN2O2.C19H12ClN3/c1-3-11-39(12-4-1)55-32-30-43-47(55)29-27-41-44-33-38(26-28-48(44)56(50(41)43)40-13-5-2-6-14-40)34-18-24-37(25-19-34)51-53-46-17-8-7-15-42(46)49(54-51)36-22-20-35(21-23-36)45-16-9-10-31-52-45;1-37(2)38(3,4)43-39(42-37)28-18-15-26(16-19-28)27-17-21-35-33(25-27)31-20-22-34-32(23-24-40(34)29-11-7-5-8-12-29)36(31)41(35)30-13-9-6-10-14-30;20-19-22-17-7-2-1-5-15(17)18(23-19)14-10-8-13(9-11-14)16-6-3-4-12-21-16/h1-33H;5-25H,1-4H3;1-12H. The molecule has 582 valence electrons. The van der Waals surface area contributed by atoms with Crippen molar-refractivity contribution in [1.82, 2.24) is 48.2 Å². The third-order valence-electron chi connectivity index (χ3n) is 24.0. The largest absolute Gasteiger partial charge is 0.494 e. The minimum Gasteiger partial charge on any atom is -0.399 e. The highest BCUT2D eigenvalue weighted by Gasteiger charge is 2.51. The maximum absolute atomic E-state index is 6.28. The molecule has 0 N–H and O–H groups in total. The van der Waals surface area contributed by atoms with Crippen molar-refractivity contribution in [2.24, 2.45) is 0 Å². The zero-order chi connectivity index (χ0) is 82.0. The van der Waals surface area contributed by atoms with Crippen LogP contribution in [-0.2, 0) is 9.31 Å². The van der Waals surface area contributed by atoms with Gasteiger partial charge in [0.2, 0.25) is 5.28 Å². The lowest BCUT2D eigenvalue weighted by atomic mass is 9.78. The number of hydrogen-bond donors (Lipinski definition) is 0. The van der Waals surface area contributed by atoms with Gasteiger partial charge in [0, 0.05) is 118 Å². The van der Waals surface area contributed by atoms with Crippen molar-refractivity contribution in [3.63, 3.8) is 0 Å². The highest BCUT2D eigenvalue weighted by atomic mass is 35.5. The van der Waals surface area contributed by atoms with E-state index in [2.05, 4.69) is 357 Å². The summed E-state index contributed by atoms with van der Waals surface area (Å²) in [6.45, 7) is 8.36. The molecule has 22 aromatic rings. The molecular formula is C108H78BClN10O2. The molecule has 1 aliphatic rings. The summed E-state index contributed by atoms with van der Waals surface area (Å²) in [6, 6.07) is 132. The van der Waals surface area contributed by atoms with Gasteiger partial charge in [-0.05, 0) is 200 Å². The molecule has 1 fully saturated rings. The van der Waals surface area contributed by atoms with E-state index in [-0.39, 0.29) is 23.6 Å². The van der Waals surface area contributed by atoms with Gasteiger partial charge in [-0.1, -0.05) is 243 Å². The van der Waals surface area contributed by atoms with E-state index in [1.54, 1.807) is 6.20 Å². The third kappa shape index (κ3) is 13.7. The van der Waals surface area contributed by atoms with Crippen molar-refractivity contribution < 1.29 is 9.31 Å². The molecule has 122 heavy (non-hydrogen) atoms. The van der Waals surface area contributed by atoms with Gasteiger partial charge in [0.15, 0.2) is 5.82 Å². The molecule has 0 aliphatic carbocycles. The summed E-state index contributed by atoms with van der Waals surface area (Å²) in [4.78, 5) is 27.8. The predicted octanol–water partition coefficient (Wildman–Crippen LogP) is 26.4. The number of pyridine rings is 2. The van der Waals surface area contributed by atoms with Crippen LogP contribution in [0.4, 0.5) is 0 Å². The molecule has 0 spiro atoms. The van der Waals surface area contributed by atoms with Crippen LogP contribution >= 0.6 is 11.6 Å². The summed E-state index contributed by atoms with van der Waals surface area (Å²) in [5.41, 5.74) is 27.3.